The van der Waals surface area contributed by atoms with Crippen LogP contribution in [0.1, 0.15) is 44.1 Å². The Morgan fingerprint density at radius 3 is 2.52 bits per heavy atom. The fourth-order valence-corrected chi connectivity index (χ4v) is 3.72. The van der Waals surface area contributed by atoms with Gasteiger partial charge in [0.05, 0.1) is 12.1 Å². The molecule has 1 atom stereocenters. The van der Waals surface area contributed by atoms with Crippen LogP contribution in [-0.4, -0.2) is 41.0 Å². The van der Waals surface area contributed by atoms with Crippen LogP contribution in [0.2, 0.25) is 0 Å². The van der Waals surface area contributed by atoms with E-state index in [9.17, 15) is 14.7 Å². The summed E-state index contributed by atoms with van der Waals surface area (Å²) in [4.78, 5) is 25.7. The van der Waals surface area contributed by atoms with Crippen LogP contribution in [0, 0.1) is 0 Å². The number of hydrogen-bond acceptors (Lipinski definition) is 3. The zero-order valence-electron chi connectivity index (χ0n) is 13.3. The number of likely N-dealkylation sites (tertiary alicyclic amines) is 1. The van der Waals surface area contributed by atoms with Crippen LogP contribution in [0.4, 0.5) is 0 Å². The number of nitrogens with one attached hydrogen (secondary N) is 1. The maximum absolute atomic E-state index is 12.5. The van der Waals surface area contributed by atoms with E-state index in [2.05, 4.69) is 17.4 Å². The zero-order chi connectivity index (χ0) is 16.3. The van der Waals surface area contributed by atoms with Crippen molar-refractivity contribution in [2.24, 2.45) is 0 Å². The molecule has 1 saturated heterocycles. The Bertz CT molecular complexity index is 569. The highest BCUT2D eigenvalue weighted by Gasteiger charge is 2.40. The lowest BCUT2D eigenvalue weighted by Gasteiger charge is -2.44. The second-order valence-corrected chi connectivity index (χ2v) is 6.67. The molecule has 5 nitrogen and oxygen atoms in total. The minimum Gasteiger partial charge on any atom is -0.480 e. The number of carbonyl (C=O) groups excluding carboxylic acids is 1. The summed E-state index contributed by atoms with van der Waals surface area (Å²) in [5.74, 6) is -0.888. The van der Waals surface area contributed by atoms with Gasteiger partial charge < -0.3 is 10.4 Å². The van der Waals surface area contributed by atoms with Gasteiger partial charge in [0.15, 0.2) is 0 Å². The number of hydrogen-bond donors (Lipinski definition) is 2. The number of carboxylic acid groups (broad SMARTS) is 1. The Morgan fingerprint density at radius 2 is 1.91 bits per heavy atom. The van der Waals surface area contributed by atoms with E-state index in [-0.39, 0.29) is 18.0 Å². The molecule has 1 heterocycles. The number of carboxylic acids is 1. The van der Waals surface area contributed by atoms with Gasteiger partial charge in [-0.05, 0) is 44.2 Å². The first-order valence-corrected chi connectivity index (χ1v) is 8.44. The molecule has 23 heavy (non-hydrogen) atoms. The van der Waals surface area contributed by atoms with Gasteiger partial charge in [0.1, 0.15) is 6.04 Å². The fourth-order valence-electron chi connectivity index (χ4n) is 3.72. The molecule has 1 unspecified atom stereocenters. The number of aliphatic carboxylic acids is 1. The summed E-state index contributed by atoms with van der Waals surface area (Å²) in [6.07, 6.45) is 5.52. The molecule has 2 fully saturated rings. The van der Waals surface area contributed by atoms with Crippen molar-refractivity contribution in [2.75, 3.05) is 13.1 Å². The Balaban J connectivity index is 1.65. The van der Waals surface area contributed by atoms with Crippen molar-refractivity contribution in [2.45, 2.75) is 50.1 Å². The van der Waals surface area contributed by atoms with Crippen LogP contribution in [0.3, 0.4) is 0 Å². The predicted octanol–water partition coefficient (Wildman–Crippen LogP) is 2.12. The summed E-state index contributed by atoms with van der Waals surface area (Å²) in [6, 6.07) is 9.55. The molecule has 0 spiro atoms. The Labute approximate surface area is 136 Å². The monoisotopic (exact) mass is 316 g/mol. The maximum Gasteiger partial charge on any atom is 0.320 e. The molecule has 2 N–H and O–H groups in total. The molecule has 2 aliphatic rings. The smallest absolute Gasteiger partial charge is 0.320 e. The number of piperidine rings is 1. The molecule has 1 aliphatic heterocycles. The average Bonchev–Trinajstić information content (AvgIpc) is 2.52. The number of benzene rings is 1. The van der Waals surface area contributed by atoms with Gasteiger partial charge in [-0.3, -0.25) is 14.5 Å². The van der Waals surface area contributed by atoms with Crippen molar-refractivity contribution in [3.63, 3.8) is 0 Å². The Hall–Kier alpha value is -1.88. The van der Waals surface area contributed by atoms with Gasteiger partial charge in [0, 0.05) is 0 Å². The molecule has 1 saturated carbocycles. The molecule has 0 bridgehead atoms. The van der Waals surface area contributed by atoms with Gasteiger partial charge in [0.25, 0.3) is 0 Å². The number of amides is 1. The molecule has 1 aromatic rings. The average molecular weight is 316 g/mol. The quantitative estimate of drug-likeness (QED) is 0.873. The van der Waals surface area contributed by atoms with Crippen LogP contribution in [0.25, 0.3) is 0 Å². The van der Waals surface area contributed by atoms with Crippen LogP contribution in [0.15, 0.2) is 30.3 Å². The number of nitrogens with zero attached hydrogens (tertiary/aromatic N) is 1. The largest absolute Gasteiger partial charge is 0.480 e. The fraction of sp³-hybridized carbons (Fsp3) is 0.556. The van der Waals surface area contributed by atoms with Crippen molar-refractivity contribution in [3.8, 4) is 0 Å². The second-order valence-electron chi connectivity index (χ2n) is 6.67. The van der Waals surface area contributed by atoms with Gasteiger partial charge >= 0.3 is 5.97 Å². The van der Waals surface area contributed by atoms with E-state index in [0.717, 1.165) is 37.7 Å². The summed E-state index contributed by atoms with van der Waals surface area (Å²) in [7, 11) is 0. The van der Waals surface area contributed by atoms with Crippen LogP contribution in [0.5, 0.6) is 0 Å². The van der Waals surface area contributed by atoms with Crippen LogP contribution < -0.4 is 5.32 Å². The lowest BCUT2D eigenvalue weighted by Crippen LogP contribution is -2.55. The molecule has 5 heteroatoms. The first-order valence-electron chi connectivity index (χ1n) is 8.44. The van der Waals surface area contributed by atoms with E-state index in [1.807, 2.05) is 18.2 Å². The zero-order valence-corrected chi connectivity index (χ0v) is 13.3. The third-order valence-corrected chi connectivity index (χ3v) is 5.16. The first-order chi connectivity index (χ1) is 11.1. The summed E-state index contributed by atoms with van der Waals surface area (Å²) in [5, 5.41) is 12.5. The summed E-state index contributed by atoms with van der Waals surface area (Å²) in [5.41, 5.74) is 0.889. The molecule has 1 aliphatic carbocycles. The van der Waals surface area contributed by atoms with Gasteiger partial charge in [-0.1, -0.05) is 36.8 Å². The van der Waals surface area contributed by atoms with Crippen molar-refractivity contribution in [1.29, 1.82) is 0 Å². The number of carbonyl (C=O) groups is 2. The topological polar surface area (TPSA) is 69.6 Å². The normalized spacial score (nSPS) is 23.7. The third kappa shape index (κ3) is 3.39. The molecule has 1 aromatic carbocycles. The van der Waals surface area contributed by atoms with E-state index in [4.69, 9.17) is 0 Å². The van der Waals surface area contributed by atoms with Crippen LogP contribution >= 0.6 is 0 Å². The van der Waals surface area contributed by atoms with Crippen molar-refractivity contribution in [3.05, 3.63) is 35.9 Å². The molecule has 1 amide bonds. The van der Waals surface area contributed by atoms with E-state index >= 15 is 0 Å². The van der Waals surface area contributed by atoms with Gasteiger partial charge in [-0.15, -0.1) is 0 Å². The molecule has 124 valence electrons. The molecule has 3 rings (SSSR count). The summed E-state index contributed by atoms with van der Waals surface area (Å²) in [6.45, 7) is 0.855. The maximum atomic E-state index is 12.5. The van der Waals surface area contributed by atoms with Crippen molar-refractivity contribution in [1.82, 2.24) is 10.2 Å². The predicted molar refractivity (Wildman–Crippen MR) is 87.0 cm³/mol. The van der Waals surface area contributed by atoms with Gasteiger partial charge in [0.2, 0.25) is 5.91 Å². The van der Waals surface area contributed by atoms with Crippen LogP contribution in [-0.2, 0) is 15.1 Å². The minimum atomic E-state index is -0.820. The van der Waals surface area contributed by atoms with E-state index in [1.54, 1.807) is 4.90 Å². The van der Waals surface area contributed by atoms with E-state index in [0.29, 0.717) is 13.0 Å². The molecular formula is C18H24N2O3. The Kier molecular flexibility index (Phi) is 4.66. The van der Waals surface area contributed by atoms with Gasteiger partial charge in [-0.25, -0.2) is 0 Å². The standard InChI is InChI=1S/C18H24N2O3/c21-16(13-20-12-5-4-9-15(20)17(22)23)19-18(10-6-11-18)14-7-2-1-3-8-14/h1-3,7-8,15H,4-6,9-13H2,(H,19,21)(H,22,23). The molecule has 0 aromatic heterocycles. The molecule has 0 radical (unpaired) electrons. The summed E-state index contributed by atoms with van der Waals surface area (Å²) >= 11 is 0. The highest BCUT2D eigenvalue weighted by Crippen LogP contribution is 2.41. The summed E-state index contributed by atoms with van der Waals surface area (Å²) < 4.78 is 0. The number of rotatable bonds is 5. The highest BCUT2D eigenvalue weighted by molar-refractivity contribution is 5.81. The lowest BCUT2D eigenvalue weighted by atomic mass is 9.72. The minimum absolute atomic E-state index is 0.0679. The third-order valence-electron chi connectivity index (χ3n) is 5.16. The Morgan fingerprint density at radius 1 is 1.17 bits per heavy atom. The van der Waals surface area contributed by atoms with Crippen molar-refractivity contribution >= 4 is 11.9 Å². The molecular weight excluding hydrogens is 292 g/mol. The van der Waals surface area contributed by atoms with Gasteiger partial charge in [-0.2, -0.15) is 0 Å². The second kappa shape index (κ2) is 6.71. The highest BCUT2D eigenvalue weighted by atomic mass is 16.4. The lowest BCUT2D eigenvalue weighted by molar-refractivity contribution is -0.145. The van der Waals surface area contributed by atoms with Crippen molar-refractivity contribution < 1.29 is 14.7 Å². The first kappa shape index (κ1) is 16.0. The SMILES string of the molecule is O=C(CN1CCCCC1C(=O)O)NC1(c2ccccc2)CCC1. The van der Waals surface area contributed by atoms with E-state index in [1.165, 1.54) is 0 Å². The van der Waals surface area contributed by atoms with E-state index < -0.39 is 12.0 Å².